The molecule has 0 amide bonds. The average Bonchev–Trinajstić information content (AvgIpc) is 3.08. The molecule has 10 atom stereocenters. The van der Waals surface area contributed by atoms with Crippen LogP contribution in [0.5, 0.6) is 0 Å². The Labute approximate surface area is 307 Å². The second-order valence-electron chi connectivity index (χ2n) is 13.7. The zero-order valence-corrected chi connectivity index (χ0v) is 33.6. The number of hydrogen-bond acceptors (Lipinski definition) is 13. The van der Waals surface area contributed by atoms with Crippen molar-refractivity contribution in [3.63, 3.8) is 0 Å². The van der Waals surface area contributed by atoms with Crippen molar-refractivity contribution in [1.82, 2.24) is 0 Å². The molecule has 0 spiro atoms. The number of carbonyl (C=O) groups is 2. The van der Waals surface area contributed by atoms with E-state index in [0.717, 1.165) is 0 Å². The fraction of sp³-hybridized carbons (Fsp3) is 0.842. The summed E-state index contributed by atoms with van der Waals surface area (Å²) >= 11 is 0. The van der Waals surface area contributed by atoms with Crippen LogP contribution in [-0.4, -0.2) is 139 Å². The van der Waals surface area contributed by atoms with Gasteiger partial charge in [-0.2, -0.15) is 0 Å². The fourth-order valence-corrected chi connectivity index (χ4v) is 3.76. The Balaban J connectivity index is 3.98. The van der Waals surface area contributed by atoms with Crippen molar-refractivity contribution in [2.45, 2.75) is 144 Å². The van der Waals surface area contributed by atoms with Gasteiger partial charge in [0.15, 0.2) is 0 Å². The lowest BCUT2D eigenvalue weighted by Gasteiger charge is -2.23. The van der Waals surface area contributed by atoms with Crippen LogP contribution in [-0.2, 0) is 61.7 Å². The van der Waals surface area contributed by atoms with E-state index in [2.05, 4.69) is 13.2 Å². The van der Waals surface area contributed by atoms with Crippen LogP contribution in [0, 0.1) is 0 Å². The number of carbonyl (C=O) groups excluding carboxylic acids is 2. The van der Waals surface area contributed by atoms with Gasteiger partial charge in [-0.3, -0.25) is 0 Å². The molecule has 13 heteroatoms. The smallest absolute Gasteiger partial charge is 0.333 e. The molecule has 0 radical (unpaired) electrons. The van der Waals surface area contributed by atoms with Crippen molar-refractivity contribution in [3.8, 4) is 0 Å². The van der Waals surface area contributed by atoms with Crippen molar-refractivity contribution >= 4 is 11.9 Å². The fourth-order valence-electron chi connectivity index (χ4n) is 3.76. The summed E-state index contributed by atoms with van der Waals surface area (Å²) in [5, 5.41) is 0. The lowest BCUT2D eigenvalue weighted by atomic mass is 10.3. The summed E-state index contributed by atoms with van der Waals surface area (Å²) < 4.78 is 62.9. The predicted octanol–water partition coefficient (Wildman–Crippen LogP) is 5.26. The molecule has 0 aliphatic carbocycles. The second-order valence-corrected chi connectivity index (χ2v) is 13.7. The van der Waals surface area contributed by atoms with Gasteiger partial charge >= 0.3 is 11.9 Å². The first-order valence-corrected chi connectivity index (χ1v) is 18.1. The zero-order valence-electron chi connectivity index (χ0n) is 33.6. The Hall–Kier alpha value is -1.94. The van der Waals surface area contributed by atoms with Gasteiger partial charge in [-0.1, -0.05) is 13.2 Å². The van der Waals surface area contributed by atoms with E-state index in [9.17, 15) is 9.59 Å². The van der Waals surface area contributed by atoms with E-state index in [0.29, 0.717) is 64.0 Å². The van der Waals surface area contributed by atoms with Gasteiger partial charge in [0.25, 0.3) is 0 Å². The summed E-state index contributed by atoms with van der Waals surface area (Å²) in [4.78, 5) is 23.1. The van der Waals surface area contributed by atoms with Crippen molar-refractivity contribution in [2.24, 2.45) is 0 Å². The van der Waals surface area contributed by atoms with E-state index in [1.807, 2.05) is 62.3 Å². The van der Waals surface area contributed by atoms with Crippen LogP contribution in [0.4, 0.5) is 0 Å². The van der Waals surface area contributed by atoms with Crippen LogP contribution in [0.25, 0.3) is 0 Å². The molecule has 0 aromatic carbocycles. The molecule has 300 valence electrons. The maximum Gasteiger partial charge on any atom is 0.333 e. The molecular weight excluding hydrogens is 664 g/mol. The summed E-state index contributed by atoms with van der Waals surface area (Å²) in [5.41, 5.74) is 0.717. The van der Waals surface area contributed by atoms with E-state index >= 15 is 0 Å². The maximum absolute atomic E-state index is 11.6. The minimum absolute atomic E-state index is 0.112. The summed E-state index contributed by atoms with van der Waals surface area (Å²) in [6.45, 7) is 33.3. The monoisotopic (exact) mass is 734 g/mol. The van der Waals surface area contributed by atoms with Crippen molar-refractivity contribution in [1.29, 1.82) is 0 Å². The molecule has 0 aromatic rings. The van der Waals surface area contributed by atoms with E-state index < -0.39 is 11.9 Å². The van der Waals surface area contributed by atoms with Crippen LogP contribution >= 0.6 is 0 Å². The van der Waals surface area contributed by atoms with Gasteiger partial charge in [-0.25, -0.2) is 9.59 Å². The molecule has 0 saturated carbocycles. The molecule has 0 saturated heterocycles. The van der Waals surface area contributed by atoms with Crippen molar-refractivity contribution in [3.05, 3.63) is 24.3 Å². The topological polar surface area (TPSA) is 136 Å². The minimum Gasteiger partial charge on any atom is -0.460 e. The Morgan fingerprint density at radius 3 is 0.765 bits per heavy atom. The van der Waals surface area contributed by atoms with Crippen LogP contribution in [0.15, 0.2) is 24.3 Å². The first-order chi connectivity index (χ1) is 23.9. The first-order valence-electron chi connectivity index (χ1n) is 18.1. The molecule has 10 unspecified atom stereocenters. The average molecular weight is 735 g/mol. The van der Waals surface area contributed by atoms with Crippen LogP contribution in [0.2, 0.25) is 0 Å². The molecule has 0 aromatic heterocycles. The third-order valence-electron chi connectivity index (χ3n) is 6.99. The summed E-state index contributed by atoms with van der Waals surface area (Å²) in [6.07, 6.45) is -1.62. The number of ether oxygens (including phenoxy) is 11. The lowest BCUT2D eigenvalue weighted by molar-refractivity contribution is -0.148. The first kappa shape index (κ1) is 49.1. The second kappa shape index (κ2) is 28.5. The number of hydrogen-bond donors (Lipinski definition) is 0. The van der Waals surface area contributed by atoms with E-state index in [1.165, 1.54) is 0 Å². The lowest BCUT2D eigenvalue weighted by Crippen LogP contribution is -2.31. The van der Waals surface area contributed by atoms with Crippen molar-refractivity contribution in [2.75, 3.05) is 66.1 Å². The molecule has 0 N–H and O–H groups in total. The molecule has 13 nitrogen and oxygen atoms in total. The highest BCUT2D eigenvalue weighted by Gasteiger charge is 2.17. The Kier molecular flexibility index (Phi) is 27.5. The normalized spacial score (nSPS) is 17.6. The minimum atomic E-state index is -0.425. The Bertz CT molecular complexity index is 960. The van der Waals surface area contributed by atoms with Crippen LogP contribution < -0.4 is 0 Å². The molecule has 0 aliphatic rings. The highest BCUT2D eigenvalue weighted by atomic mass is 16.6. The highest BCUT2D eigenvalue weighted by Crippen LogP contribution is 2.07. The maximum atomic E-state index is 11.6. The molecular formula is C38H70O13. The Morgan fingerprint density at radius 2 is 0.549 bits per heavy atom. The van der Waals surface area contributed by atoms with Gasteiger partial charge < -0.3 is 52.1 Å². The summed E-state index contributed by atoms with van der Waals surface area (Å²) in [5.74, 6) is -0.850. The molecule has 0 heterocycles. The Morgan fingerprint density at radius 1 is 0.353 bits per heavy atom. The molecule has 0 bridgehead atoms. The summed E-state index contributed by atoms with van der Waals surface area (Å²) in [6, 6.07) is 0. The van der Waals surface area contributed by atoms with Gasteiger partial charge in [0.1, 0.15) is 12.7 Å². The molecule has 0 rings (SSSR count). The highest BCUT2D eigenvalue weighted by molar-refractivity contribution is 5.87. The molecule has 0 aliphatic heterocycles. The molecule has 51 heavy (non-hydrogen) atoms. The van der Waals surface area contributed by atoms with Crippen LogP contribution in [0.3, 0.4) is 0 Å². The van der Waals surface area contributed by atoms with Crippen LogP contribution in [0.1, 0.15) is 83.1 Å². The zero-order chi connectivity index (χ0) is 38.9. The van der Waals surface area contributed by atoms with E-state index in [4.69, 9.17) is 52.1 Å². The van der Waals surface area contributed by atoms with Gasteiger partial charge in [0.05, 0.1) is 114 Å². The van der Waals surface area contributed by atoms with Gasteiger partial charge in [-0.05, 0) is 83.1 Å². The number of esters is 2. The van der Waals surface area contributed by atoms with Gasteiger partial charge in [-0.15, -0.1) is 0 Å². The van der Waals surface area contributed by atoms with Crippen molar-refractivity contribution < 1.29 is 61.7 Å². The quantitative estimate of drug-likeness (QED) is 0.0658. The van der Waals surface area contributed by atoms with E-state index in [1.54, 1.807) is 20.8 Å². The largest absolute Gasteiger partial charge is 0.460 e. The van der Waals surface area contributed by atoms with Gasteiger partial charge in [0.2, 0.25) is 0 Å². The summed E-state index contributed by atoms with van der Waals surface area (Å²) in [7, 11) is 0. The predicted molar refractivity (Wildman–Crippen MR) is 195 cm³/mol. The SMILES string of the molecule is C=C(C)C(=O)OCC(C)OCC(C)OCC(C)OCC(C)OCC(C)OCC(C)OCC(C)OCC(C)OCC(C)OCC(C)OC(=O)C(=C)C. The van der Waals surface area contributed by atoms with Gasteiger partial charge in [0, 0.05) is 11.1 Å². The third kappa shape index (κ3) is 28.3. The van der Waals surface area contributed by atoms with E-state index in [-0.39, 0.29) is 74.3 Å². The number of rotatable bonds is 32. The molecule has 0 fully saturated rings. The standard InChI is InChI=1S/C38H70O13/c1-25(2)37(39)50-23-35(13)48-21-33(11)46-19-31(9)44-17-29(7)42-15-27(5)41-16-28(6)43-18-30(8)45-20-32(10)47-22-34(12)49-24-36(14)51-38(40)26(3)4/h27-36H,1,3,15-24H2,2,4-14H3. The third-order valence-corrected chi connectivity index (χ3v) is 6.99.